The van der Waals surface area contributed by atoms with Gasteiger partial charge in [0.1, 0.15) is 23.8 Å². The fourth-order valence-electron chi connectivity index (χ4n) is 1.82. The highest BCUT2D eigenvalue weighted by molar-refractivity contribution is 6.33. The topological polar surface area (TPSA) is 73.1 Å². The Hall–Kier alpha value is -1.57. The van der Waals surface area contributed by atoms with Crippen molar-refractivity contribution in [3.05, 3.63) is 29.7 Å². The van der Waals surface area contributed by atoms with E-state index in [1.54, 1.807) is 0 Å². The van der Waals surface area contributed by atoms with Gasteiger partial charge in [0.25, 0.3) is 0 Å². The van der Waals surface area contributed by atoms with Crippen molar-refractivity contribution >= 4 is 22.8 Å². The summed E-state index contributed by atoms with van der Waals surface area (Å²) in [4.78, 5) is 11.8. The number of ether oxygens (including phenoxy) is 1. The van der Waals surface area contributed by atoms with Crippen molar-refractivity contribution in [2.45, 2.75) is 12.3 Å². The molecule has 0 saturated carbocycles. The van der Waals surface area contributed by atoms with Gasteiger partial charge in [0.05, 0.1) is 12.9 Å². The van der Waals surface area contributed by atoms with Crippen molar-refractivity contribution in [3.8, 4) is 0 Å². The maximum atomic E-state index is 13.7. The van der Waals surface area contributed by atoms with E-state index in [0.717, 1.165) is 0 Å². The van der Waals surface area contributed by atoms with E-state index in [2.05, 4.69) is 15.0 Å². The van der Waals surface area contributed by atoms with Gasteiger partial charge in [0.2, 0.25) is 0 Å². The monoisotopic (exact) mass is 270 g/mol. The minimum Gasteiger partial charge on any atom is -0.393 e. The Morgan fingerprint density at radius 1 is 1.44 bits per heavy atom. The molecule has 8 heteroatoms. The van der Waals surface area contributed by atoms with Crippen LogP contribution < -0.4 is 0 Å². The second kappa shape index (κ2) is 4.27. The third kappa shape index (κ3) is 1.67. The summed E-state index contributed by atoms with van der Waals surface area (Å²) >= 11 is 5.85. The second-order valence-corrected chi connectivity index (χ2v) is 4.11. The van der Waals surface area contributed by atoms with E-state index >= 15 is 0 Å². The number of halogens is 2. The quantitative estimate of drug-likeness (QED) is 0.831. The molecule has 1 aliphatic rings. The highest BCUT2D eigenvalue weighted by Gasteiger charge is 2.30. The lowest BCUT2D eigenvalue weighted by molar-refractivity contribution is -0.0174. The highest BCUT2D eigenvalue weighted by Crippen LogP contribution is 2.32. The molecule has 2 atom stereocenters. The van der Waals surface area contributed by atoms with Crippen molar-refractivity contribution < 1.29 is 14.2 Å². The molecular formula is C10H8ClFN4O2. The minimum atomic E-state index is -0.974. The zero-order valence-corrected chi connectivity index (χ0v) is 9.75. The van der Waals surface area contributed by atoms with Gasteiger partial charge >= 0.3 is 0 Å². The molecule has 0 aliphatic carbocycles. The molecule has 0 spiro atoms. The third-order valence-corrected chi connectivity index (χ3v) is 2.91. The summed E-state index contributed by atoms with van der Waals surface area (Å²) in [5.74, 6) is -0.497. The number of aromatic nitrogens is 4. The van der Waals surface area contributed by atoms with Gasteiger partial charge in [0.15, 0.2) is 17.0 Å². The average Bonchev–Trinajstić information content (AvgIpc) is 2.93. The third-order valence-electron chi connectivity index (χ3n) is 2.63. The Kier molecular flexibility index (Phi) is 2.73. The van der Waals surface area contributed by atoms with E-state index < -0.39 is 18.2 Å². The molecule has 0 amide bonds. The molecule has 2 aromatic heterocycles. The molecule has 1 N–H and O–H groups in total. The van der Waals surface area contributed by atoms with Gasteiger partial charge in [-0.25, -0.2) is 19.3 Å². The molecule has 0 saturated heterocycles. The molecule has 6 nitrogen and oxygen atoms in total. The van der Waals surface area contributed by atoms with Crippen molar-refractivity contribution in [1.29, 1.82) is 0 Å². The van der Waals surface area contributed by atoms with E-state index in [-0.39, 0.29) is 11.8 Å². The van der Waals surface area contributed by atoms with Crippen LogP contribution in [0, 0.1) is 0 Å². The lowest BCUT2D eigenvalue weighted by Gasteiger charge is -2.14. The molecule has 0 bridgehead atoms. The normalized spacial score (nSPS) is 23.6. The number of hydrogen-bond acceptors (Lipinski definition) is 5. The van der Waals surface area contributed by atoms with Crippen LogP contribution in [0.1, 0.15) is 6.23 Å². The molecule has 2 aromatic rings. The fourth-order valence-corrected chi connectivity index (χ4v) is 2.00. The van der Waals surface area contributed by atoms with Crippen LogP contribution in [-0.4, -0.2) is 37.3 Å². The predicted molar refractivity (Wildman–Crippen MR) is 60.5 cm³/mol. The fraction of sp³-hybridized carbons (Fsp3) is 0.300. The van der Waals surface area contributed by atoms with E-state index in [9.17, 15) is 4.39 Å². The number of rotatable bonds is 2. The molecule has 0 fully saturated rings. The first kappa shape index (κ1) is 11.5. The van der Waals surface area contributed by atoms with Crippen LogP contribution in [0.15, 0.2) is 24.6 Å². The number of aliphatic hydroxyl groups is 1. The van der Waals surface area contributed by atoms with Crippen LogP contribution in [-0.2, 0) is 4.74 Å². The first-order valence-electron chi connectivity index (χ1n) is 5.17. The number of fused-ring (bicyclic) bond motifs is 1. The summed E-state index contributed by atoms with van der Waals surface area (Å²) in [5.41, 5.74) is 0.755. The van der Waals surface area contributed by atoms with Crippen LogP contribution in [0.25, 0.3) is 11.2 Å². The lowest BCUT2D eigenvalue weighted by Crippen LogP contribution is -2.16. The summed E-state index contributed by atoms with van der Waals surface area (Å²) in [6.07, 6.45) is 2.23. The Bertz CT molecular complexity index is 629. The highest BCUT2D eigenvalue weighted by atomic mass is 35.5. The van der Waals surface area contributed by atoms with E-state index in [4.69, 9.17) is 21.4 Å². The molecule has 18 heavy (non-hydrogen) atoms. The number of nitrogens with zero attached hydrogens (tertiary/aromatic N) is 4. The molecule has 94 valence electrons. The molecule has 0 unspecified atom stereocenters. The van der Waals surface area contributed by atoms with Gasteiger partial charge in [-0.05, 0) is 6.08 Å². The predicted octanol–water partition coefficient (Wildman–Crippen LogP) is 1.22. The zero-order chi connectivity index (χ0) is 12.7. The number of aliphatic hydroxyl groups excluding tert-OH is 1. The van der Waals surface area contributed by atoms with Gasteiger partial charge in [-0.1, -0.05) is 11.6 Å². The summed E-state index contributed by atoms with van der Waals surface area (Å²) in [6, 6.07) is 0. The van der Waals surface area contributed by atoms with Gasteiger partial charge in [0, 0.05) is 0 Å². The SMILES string of the molecule is OC[C@H]1C=C(F)[C@H](n2cnc3c(Cl)ncnc32)O1. The molecule has 1 aliphatic heterocycles. The number of imidazole rings is 1. The Labute approximate surface area is 106 Å². The summed E-state index contributed by atoms with van der Waals surface area (Å²) in [7, 11) is 0. The average molecular weight is 271 g/mol. The molecule has 3 rings (SSSR count). The van der Waals surface area contributed by atoms with Gasteiger partial charge < -0.3 is 9.84 Å². The molecule has 0 radical (unpaired) electrons. The van der Waals surface area contributed by atoms with Crippen LogP contribution in [0.4, 0.5) is 4.39 Å². The van der Waals surface area contributed by atoms with E-state index in [0.29, 0.717) is 11.2 Å². The molecule has 3 heterocycles. The summed E-state index contributed by atoms with van der Waals surface area (Å²) < 4.78 is 20.4. The summed E-state index contributed by atoms with van der Waals surface area (Å²) in [5, 5.41) is 9.14. The lowest BCUT2D eigenvalue weighted by atomic mass is 10.3. The summed E-state index contributed by atoms with van der Waals surface area (Å²) in [6.45, 7) is -0.285. The maximum absolute atomic E-state index is 13.7. The standard InChI is InChI=1S/C10H8ClFN4O2/c11-8-7-9(14-3-13-8)16(4-15-7)10-6(12)1-5(2-17)18-10/h1,3-5,10,17H,2H2/t5-,10-/m1/s1. The van der Waals surface area contributed by atoms with Crippen LogP contribution in [0.3, 0.4) is 0 Å². The smallest absolute Gasteiger partial charge is 0.189 e. The molecule has 0 aromatic carbocycles. The van der Waals surface area contributed by atoms with E-state index in [1.807, 2.05) is 0 Å². The zero-order valence-electron chi connectivity index (χ0n) is 8.99. The van der Waals surface area contributed by atoms with Crippen LogP contribution in [0.5, 0.6) is 0 Å². The van der Waals surface area contributed by atoms with E-state index in [1.165, 1.54) is 23.3 Å². The van der Waals surface area contributed by atoms with Gasteiger partial charge in [-0.2, -0.15) is 0 Å². The van der Waals surface area contributed by atoms with Crippen molar-refractivity contribution in [2.75, 3.05) is 6.61 Å². The number of hydrogen-bond donors (Lipinski definition) is 1. The van der Waals surface area contributed by atoms with Crippen molar-refractivity contribution in [1.82, 2.24) is 19.5 Å². The maximum Gasteiger partial charge on any atom is 0.189 e. The second-order valence-electron chi connectivity index (χ2n) is 3.75. The van der Waals surface area contributed by atoms with Crippen molar-refractivity contribution in [3.63, 3.8) is 0 Å². The van der Waals surface area contributed by atoms with Crippen LogP contribution >= 0.6 is 11.6 Å². The minimum absolute atomic E-state index is 0.194. The first-order chi connectivity index (χ1) is 8.70. The molecular weight excluding hydrogens is 263 g/mol. The van der Waals surface area contributed by atoms with Crippen LogP contribution in [0.2, 0.25) is 5.15 Å². The van der Waals surface area contributed by atoms with Gasteiger partial charge in [-0.3, -0.25) is 4.57 Å². The van der Waals surface area contributed by atoms with Gasteiger partial charge in [-0.15, -0.1) is 0 Å². The Morgan fingerprint density at radius 3 is 3.00 bits per heavy atom. The van der Waals surface area contributed by atoms with Crippen molar-refractivity contribution in [2.24, 2.45) is 0 Å². The largest absolute Gasteiger partial charge is 0.393 e. The first-order valence-corrected chi connectivity index (χ1v) is 5.55. The Morgan fingerprint density at radius 2 is 2.28 bits per heavy atom. The Balaban J connectivity index is 2.06.